The molecule has 0 bridgehead atoms. The van der Waals surface area contributed by atoms with Gasteiger partial charge in [0.15, 0.2) is 0 Å². The molecular formula is C13H17FN2O3S. The van der Waals surface area contributed by atoms with Gasteiger partial charge >= 0.3 is 0 Å². The zero-order valence-electron chi connectivity index (χ0n) is 11.3. The number of carbonyl (C=O) groups is 1. The molecule has 5 nitrogen and oxygen atoms in total. The lowest BCUT2D eigenvalue weighted by molar-refractivity contribution is 0.0786. The zero-order chi connectivity index (χ0) is 15.1. The summed E-state index contributed by atoms with van der Waals surface area (Å²) in [5, 5.41) is 4.96. The van der Waals surface area contributed by atoms with E-state index in [1.165, 1.54) is 4.90 Å². The lowest BCUT2D eigenvalue weighted by Crippen LogP contribution is -2.29. The number of sulfonamides is 1. The second-order valence-corrected chi connectivity index (χ2v) is 6.94. The Hall–Kier alpha value is -1.47. The van der Waals surface area contributed by atoms with Gasteiger partial charge in [0.2, 0.25) is 10.0 Å². The Labute approximate surface area is 117 Å². The topological polar surface area (TPSA) is 80.5 Å². The molecule has 0 spiro atoms. The van der Waals surface area contributed by atoms with Crippen molar-refractivity contribution in [1.29, 1.82) is 0 Å². The van der Waals surface area contributed by atoms with Crippen molar-refractivity contribution in [3.63, 3.8) is 0 Å². The van der Waals surface area contributed by atoms with Crippen LogP contribution in [0.1, 0.15) is 23.7 Å². The summed E-state index contributed by atoms with van der Waals surface area (Å²) in [4.78, 5) is 13.3. The fraction of sp³-hybridized carbons (Fsp3) is 0.462. The van der Waals surface area contributed by atoms with Crippen molar-refractivity contribution in [2.75, 3.05) is 13.6 Å². The summed E-state index contributed by atoms with van der Waals surface area (Å²) in [7, 11) is -2.42. The van der Waals surface area contributed by atoms with Gasteiger partial charge in [0.25, 0.3) is 5.91 Å². The first-order valence-corrected chi connectivity index (χ1v) is 7.82. The second kappa shape index (κ2) is 5.14. The van der Waals surface area contributed by atoms with Gasteiger partial charge in [-0.15, -0.1) is 0 Å². The summed E-state index contributed by atoms with van der Waals surface area (Å²) in [6, 6.07) is 2.92. The van der Waals surface area contributed by atoms with Gasteiger partial charge in [-0.3, -0.25) is 4.79 Å². The first kappa shape index (κ1) is 14.9. The maximum atomic E-state index is 13.4. The van der Waals surface area contributed by atoms with E-state index in [1.807, 2.05) is 0 Å². The van der Waals surface area contributed by atoms with E-state index in [9.17, 15) is 17.6 Å². The van der Waals surface area contributed by atoms with Crippen LogP contribution in [0.2, 0.25) is 0 Å². The number of benzene rings is 1. The van der Waals surface area contributed by atoms with E-state index in [-0.39, 0.29) is 5.56 Å². The highest BCUT2D eigenvalue weighted by atomic mass is 32.2. The molecule has 1 fully saturated rings. The summed E-state index contributed by atoms with van der Waals surface area (Å²) in [5.41, 5.74) is -0.00942. The number of hydrogen-bond acceptors (Lipinski definition) is 3. The van der Waals surface area contributed by atoms with Crippen molar-refractivity contribution < 1.29 is 17.6 Å². The summed E-state index contributed by atoms with van der Waals surface area (Å²) in [6.07, 6.45) is 1.07. The van der Waals surface area contributed by atoms with Gasteiger partial charge in [-0.05, 0) is 36.5 Å². The minimum absolute atomic E-state index is 0.00942. The molecular weight excluding hydrogens is 283 g/mol. The number of nitrogens with two attached hydrogens (primary N) is 1. The average molecular weight is 300 g/mol. The van der Waals surface area contributed by atoms with Crippen LogP contribution in [0.5, 0.6) is 0 Å². The number of amides is 1. The van der Waals surface area contributed by atoms with Gasteiger partial charge in [0, 0.05) is 19.2 Å². The molecule has 0 radical (unpaired) electrons. The molecule has 110 valence electrons. The third kappa shape index (κ3) is 3.34. The summed E-state index contributed by atoms with van der Waals surface area (Å²) >= 11 is 0. The third-order valence-electron chi connectivity index (χ3n) is 3.58. The highest BCUT2D eigenvalue weighted by molar-refractivity contribution is 7.89. The Balaban J connectivity index is 2.23. The van der Waals surface area contributed by atoms with Gasteiger partial charge < -0.3 is 4.90 Å². The van der Waals surface area contributed by atoms with E-state index in [0.29, 0.717) is 18.4 Å². The molecule has 2 rings (SSSR count). The summed E-state index contributed by atoms with van der Waals surface area (Å²) in [6.45, 7) is 2.69. The Morgan fingerprint density at radius 3 is 2.55 bits per heavy atom. The van der Waals surface area contributed by atoms with Crippen LogP contribution in [-0.2, 0) is 10.0 Å². The maximum Gasteiger partial charge on any atom is 0.253 e. The van der Waals surface area contributed by atoms with Crippen molar-refractivity contribution in [1.82, 2.24) is 4.90 Å². The van der Waals surface area contributed by atoms with Gasteiger partial charge in [0.1, 0.15) is 5.82 Å². The zero-order valence-corrected chi connectivity index (χ0v) is 12.2. The Kier molecular flexibility index (Phi) is 3.84. The van der Waals surface area contributed by atoms with E-state index < -0.39 is 26.6 Å². The monoisotopic (exact) mass is 300 g/mol. The number of hydrogen-bond donors (Lipinski definition) is 1. The first-order valence-electron chi connectivity index (χ1n) is 6.27. The Morgan fingerprint density at radius 1 is 1.45 bits per heavy atom. The van der Waals surface area contributed by atoms with Crippen LogP contribution >= 0.6 is 0 Å². The molecule has 0 aromatic heterocycles. The Bertz CT molecular complexity index is 645. The lowest BCUT2D eigenvalue weighted by Gasteiger charge is -2.17. The van der Waals surface area contributed by atoms with Crippen LogP contribution in [0.15, 0.2) is 23.1 Å². The molecule has 1 amide bonds. The van der Waals surface area contributed by atoms with Crippen molar-refractivity contribution >= 4 is 15.9 Å². The van der Waals surface area contributed by atoms with Gasteiger partial charge in [0.05, 0.1) is 4.90 Å². The van der Waals surface area contributed by atoms with Crippen LogP contribution in [0, 0.1) is 17.7 Å². The van der Waals surface area contributed by atoms with E-state index in [4.69, 9.17) is 5.14 Å². The molecule has 1 saturated carbocycles. The fourth-order valence-electron chi connectivity index (χ4n) is 2.16. The highest BCUT2D eigenvalue weighted by Crippen LogP contribution is 2.38. The average Bonchev–Trinajstić information content (AvgIpc) is 3.01. The summed E-state index contributed by atoms with van der Waals surface area (Å²) in [5.74, 6) is -0.144. The molecule has 2 N–H and O–H groups in total. The SMILES string of the molecule is CC1CC1CN(C)C(=O)c1cc(F)cc(S(N)(=O)=O)c1. The van der Waals surface area contributed by atoms with Crippen molar-refractivity contribution in [3.8, 4) is 0 Å². The predicted molar refractivity (Wildman–Crippen MR) is 72.0 cm³/mol. The number of primary sulfonamides is 1. The van der Waals surface area contributed by atoms with Gasteiger partial charge in [-0.1, -0.05) is 6.92 Å². The molecule has 2 atom stereocenters. The first-order chi connectivity index (χ1) is 9.18. The van der Waals surface area contributed by atoms with Crippen LogP contribution in [0.25, 0.3) is 0 Å². The largest absolute Gasteiger partial charge is 0.341 e. The number of rotatable bonds is 4. The minimum Gasteiger partial charge on any atom is -0.341 e. The third-order valence-corrected chi connectivity index (χ3v) is 4.47. The molecule has 0 heterocycles. The fourth-order valence-corrected chi connectivity index (χ4v) is 2.73. The molecule has 1 aliphatic carbocycles. The molecule has 2 unspecified atom stereocenters. The number of nitrogens with zero attached hydrogens (tertiary/aromatic N) is 1. The number of halogens is 1. The maximum absolute atomic E-state index is 13.4. The molecule has 0 aliphatic heterocycles. The smallest absolute Gasteiger partial charge is 0.253 e. The molecule has 1 aromatic carbocycles. The van der Waals surface area contributed by atoms with E-state index in [0.717, 1.165) is 24.6 Å². The van der Waals surface area contributed by atoms with Crippen molar-refractivity contribution in [3.05, 3.63) is 29.6 Å². The van der Waals surface area contributed by atoms with Gasteiger partial charge in [-0.2, -0.15) is 0 Å². The molecule has 20 heavy (non-hydrogen) atoms. The Morgan fingerprint density at radius 2 is 2.05 bits per heavy atom. The highest BCUT2D eigenvalue weighted by Gasteiger charge is 2.34. The number of carbonyl (C=O) groups excluding carboxylic acids is 1. The predicted octanol–water partition coefficient (Wildman–Crippen LogP) is 1.20. The standard InChI is InChI=1S/C13H17FN2O3S/c1-8-3-10(8)7-16(2)13(17)9-4-11(14)6-12(5-9)20(15,18)19/h4-6,8,10H,3,7H2,1-2H3,(H2,15,18,19). The van der Waals surface area contributed by atoms with Crippen LogP contribution in [0.4, 0.5) is 4.39 Å². The van der Waals surface area contributed by atoms with Crippen molar-refractivity contribution in [2.45, 2.75) is 18.2 Å². The molecule has 7 heteroatoms. The van der Waals surface area contributed by atoms with Crippen molar-refractivity contribution in [2.24, 2.45) is 17.0 Å². The lowest BCUT2D eigenvalue weighted by atomic mass is 10.2. The molecule has 1 aliphatic rings. The van der Waals surface area contributed by atoms with E-state index >= 15 is 0 Å². The quantitative estimate of drug-likeness (QED) is 0.907. The normalized spacial score (nSPS) is 21.6. The van der Waals surface area contributed by atoms with E-state index in [2.05, 4.69) is 6.92 Å². The van der Waals surface area contributed by atoms with Crippen LogP contribution in [-0.4, -0.2) is 32.8 Å². The minimum atomic E-state index is -4.04. The summed E-state index contributed by atoms with van der Waals surface area (Å²) < 4.78 is 35.9. The van der Waals surface area contributed by atoms with Crippen LogP contribution in [0.3, 0.4) is 0 Å². The molecule has 1 aromatic rings. The van der Waals surface area contributed by atoms with Crippen LogP contribution < -0.4 is 5.14 Å². The van der Waals surface area contributed by atoms with Gasteiger partial charge in [-0.25, -0.2) is 17.9 Å². The molecule has 0 saturated heterocycles. The second-order valence-electron chi connectivity index (χ2n) is 5.38. The van der Waals surface area contributed by atoms with E-state index in [1.54, 1.807) is 7.05 Å².